The third-order valence-electron chi connectivity index (χ3n) is 4.53. The summed E-state index contributed by atoms with van der Waals surface area (Å²) in [6.45, 7) is 0.479. The predicted octanol–water partition coefficient (Wildman–Crippen LogP) is 3.54. The molecule has 1 spiro atoms. The van der Waals surface area contributed by atoms with Gasteiger partial charge in [-0.3, -0.25) is 4.79 Å². The summed E-state index contributed by atoms with van der Waals surface area (Å²) in [6.07, 6.45) is 0.765. The first-order valence-corrected chi connectivity index (χ1v) is 7.50. The molecule has 1 aliphatic carbocycles. The highest BCUT2D eigenvalue weighted by molar-refractivity contribution is 5.94. The first kappa shape index (κ1) is 15.3. The molecular formula is C16H18F3NO2. The van der Waals surface area contributed by atoms with Crippen LogP contribution in [-0.2, 0) is 10.9 Å². The van der Waals surface area contributed by atoms with Crippen LogP contribution >= 0.6 is 0 Å². The molecule has 2 fully saturated rings. The first-order valence-electron chi connectivity index (χ1n) is 7.50. The van der Waals surface area contributed by atoms with Crippen molar-refractivity contribution in [2.45, 2.75) is 49.9 Å². The quantitative estimate of drug-likeness (QED) is 0.907. The average molecular weight is 313 g/mol. The van der Waals surface area contributed by atoms with Crippen LogP contribution in [0, 0.1) is 0 Å². The Morgan fingerprint density at radius 1 is 1.18 bits per heavy atom. The Kier molecular flexibility index (Phi) is 3.89. The van der Waals surface area contributed by atoms with Crippen molar-refractivity contribution in [2.75, 3.05) is 6.61 Å². The van der Waals surface area contributed by atoms with Crippen molar-refractivity contribution in [1.29, 1.82) is 0 Å². The number of halogens is 3. The Balaban J connectivity index is 1.60. The molecule has 1 aromatic carbocycles. The minimum absolute atomic E-state index is 0.0621. The maximum atomic E-state index is 12.5. The summed E-state index contributed by atoms with van der Waals surface area (Å²) >= 11 is 0. The van der Waals surface area contributed by atoms with Crippen LogP contribution in [0.15, 0.2) is 24.3 Å². The third-order valence-corrected chi connectivity index (χ3v) is 4.53. The van der Waals surface area contributed by atoms with Crippen molar-refractivity contribution in [3.05, 3.63) is 35.4 Å². The van der Waals surface area contributed by atoms with Gasteiger partial charge in [-0.15, -0.1) is 0 Å². The Bertz CT molecular complexity index is 548. The van der Waals surface area contributed by atoms with Crippen molar-refractivity contribution in [2.24, 2.45) is 0 Å². The van der Waals surface area contributed by atoms with Crippen LogP contribution in [0.1, 0.15) is 48.0 Å². The molecule has 1 saturated heterocycles. The lowest BCUT2D eigenvalue weighted by molar-refractivity contribution is -0.137. The zero-order valence-electron chi connectivity index (χ0n) is 12.1. The van der Waals surface area contributed by atoms with Gasteiger partial charge in [-0.05, 0) is 43.5 Å². The van der Waals surface area contributed by atoms with Crippen molar-refractivity contribution in [3.63, 3.8) is 0 Å². The second kappa shape index (κ2) is 5.57. The van der Waals surface area contributed by atoms with Crippen LogP contribution in [0.5, 0.6) is 0 Å². The van der Waals surface area contributed by atoms with Gasteiger partial charge in [0, 0.05) is 5.56 Å². The lowest BCUT2D eigenvalue weighted by Gasteiger charge is -2.21. The number of ether oxygens (including phenoxy) is 1. The van der Waals surface area contributed by atoms with Crippen molar-refractivity contribution >= 4 is 5.91 Å². The number of nitrogens with one attached hydrogen (secondary N) is 1. The van der Waals surface area contributed by atoms with Crippen LogP contribution in [0.4, 0.5) is 13.2 Å². The predicted molar refractivity (Wildman–Crippen MR) is 74.5 cm³/mol. The van der Waals surface area contributed by atoms with E-state index in [1.54, 1.807) is 0 Å². The number of hydrogen-bond acceptors (Lipinski definition) is 2. The molecule has 6 heteroatoms. The molecular weight excluding hydrogens is 295 g/mol. The van der Waals surface area contributed by atoms with Gasteiger partial charge in [-0.1, -0.05) is 12.8 Å². The van der Waals surface area contributed by atoms with E-state index in [1.165, 1.54) is 12.1 Å². The highest BCUT2D eigenvalue weighted by atomic mass is 19.4. The number of benzene rings is 1. The van der Waals surface area contributed by atoms with Crippen LogP contribution in [0.2, 0.25) is 0 Å². The Labute approximate surface area is 126 Å². The molecule has 1 atom stereocenters. The Hall–Kier alpha value is -1.56. The first-order chi connectivity index (χ1) is 10.4. The lowest BCUT2D eigenvalue weighted by atomic mass is 9.96. The highest BCUT2D eigenvalue weighted by Gasteiger charge is 2.42. The van der Waals surface area contributed by atoms with Crippen molar-refractivity contribution in [1.82, 2.24) is 5.32 Å². The Morgan fingerprint density at radius 3 is 2.41 bits per heavy atom. The molecule has 1 N–H and O–H groups in total. The van der Waals surface area contributed by atoms with Crippen molar-refractivity contribution < 1.29 is 22.7 Å². The molecule has 1 amide bonds. The zero-order chi connectivity index (χ0) is 15.8. The van der Waals surface area contributed by atoms with E-state index in [-0.39, 0.29) is 23.1 Å². The Morgan fingerprint density at radius 2 is 1.82 bits per heavy atom. The van der Waals surface area contributed by atoms with Crippen molar-refractivity contribution in [3.8, 4) is 0 Å². The minimum atomic E-state index is -4.39. The largest absolute Gasteiger partial charge is 0.416 e. The molecule has 0 aromatic heterocycles. The number of carbonyl (C=O) groups is 1. The fourth-order valence-electron chi connectivity index (χ4n) is 3.38. The fraction of sp³-hybridized carbons (Fsp3) is 0.562. The molecule has 0 radical (unpaired) electrons. The average Bonchev–Trinajstić information content (AvgIpc) is 3.09. The summed E-state index contributed by atoms with van der Waals surface area (Å²) in [5.41, 5.74) is -0.600. The number of rotatable bonds is 2. The zero-order valence-corrected chi connectivity index (χ0v) is 12.1. The molecule has 1 aromatic rings. The smallest absolute Gasteiger partial charge is 0.373 e. The van der Waals surface area contributed by atoms with E-state index >= 15 is 0 Å². The SMILES string of the molecule is O=C(N[C@H]1COC2(CCCC2)C1)c1ccc(C(F)(F)F)cc1. The molecule has 3 nitrogen and oxygen atoms in total. The summed E-state index contributed by atoms with van der Waals surface area (Å²) < 4.78 is 43.4. The van der Waals surface area contributed by atoms with E-state index in [1.807, 2.05) is 0 Å². The van der Waals surface area contributed by atoms with Gasteiger partial charge in [0.15, 0.2) is 0 Å². The second-order valence-corrected chi connectivity index (χ2v) is 6.15. The van der Waals surface area contributed by atoms with Gasteiger partial charge in [0.25, 0.3) is 5.91 Å². The maximum Gasteiger partial charge on any atom is 0.416 e. The van der Waals surface area contributed by atoms with E-state index in [9.17, 15) is 18.0 Å². The molecule has 0 bridgehead atoms. The van der Waals surface area contributed by atoms with Crippen LogP contribution in [0.3, 0.4) is 0 Å². The molecule has 1 aliphatic heterocycles. The molecule has 0 unspecified atom stereocenters. The van der Waals surface area contributed by atoms with Gasteiger partial charge in [-0.2, -0.15) is 13.2 Å². The lowest BCUT2D eigenvalue weighted by Crippen LogP contribution is -2.36. The summed E-state index contributed by atoms with van der Waals surface area (Å²) in [7, 11) is 0. The molecule has 22 heavy (non-hydrogen) atoms. The third kappa shape index (κ3) is 3.11. The minimum Gasteiger partial charge on any atom is -0.373 e. The van der Waals surface area contributed by atoms with Gasteiger partial charge in [-0.25, -0.2) is 0 Å². The topological polar surface area (TPSA) is 38.3 Å². The van der Waals surface area contributed by atoms with Gasteiger partial charge < -0.3 is 10.1 Å². The number of alkyl halides is 3. The molecule has 120 valence electrons. The van der Waals surface area contributed by atoms with Gasteiger partial charge in [0.2, 0.25) is 0 Å². The van der Waals surface area contributed by atoms with E-state index in [0.717, 1.165) is 44.2 Å². The van der Waals surface area contributed by atoms with Gasteiger partial charge >= 0.3 is 6.18 Å². The van der Waals surface area contributed by atoms with Crippen LogP contribution in [-0.4, -0.2) is 24.2 Å². The highest BCUT2D eigenvalue weighted by Crippen LogP contribution is 2.40. The van der Waals surface area contributed by atoms with Gasteiger partial charge in [0.05, 0.1) is 23.8 Å². The molecule has 1 heterocycles. The molecule has 1 saturated carbocycles. The monoisotopic (exact) mass is 313 g/mol. The van der Waals surface area contributed by atoms with E-state index < -0.39 is 11.7 Å². The van der Waals surface area contributed by atoms with E-state index in [4.69, 9.17) is 4.74 Å². The fourth-order valence-corrected chi connectivity index (χ4v) is 3.38. The summed E-state index contributed by atoms with van der Waals surface area (Å²) in [5.74, 6) is -0.350. The standard InChI is InChI=1S/C16H18F3NO2/c17-16(18,19)12-5-3-11(4-6-12)14(21)20-13-9-15(22-10-13)7-1-2-8-15/h3-6,13H,1-2,7-10H2,(H,20,21)/t13-/m1/s1. The number of amides is 1. The van der Waals surface area contributed by atoms with Gasteiger partial charge in [0.1, 0.15) is 0 Å². The summed E-state index contributed by atoms with van der Waals surface area (Å²) in [5, 5.41) is 2.86. The van der Waals surface area contributed by atoms with Crippen LogP contribution < -0.4 is 5.32 Å². The van der Waals surface area contributed by atoms with E-state index in [0.29, 0.717) is 6.61 Å². The number of hydrogen-bond donors (Lipinski definition) is 1. The molecule has 2 aliphatic rings. The second-order valence-electron chi connectivity index (χ2n) is 6.15. The van der Waals surface area contributed by atoms with Crippen LogP contribution in [0.25, 0.3) is 0 Å². The number of carbonyl (C=O) groups excluding carboxylic acids is 1. The van der Waals surface area contributed by atoms with E-state index in [2.05, 4.69) is 5.32 Å². The summed E-state index contributed by atoms with van der Waals surface area (Å²) in [4.78, 5) is 12.1. The summed E-state index contributed by atoms with van der Waals surface area (Å²) in [6, 6.07) is 4.21. The maximum absolute atomic E-state index is 12.5. The normalized spacial score (nSPS) is 23.9. The molecule has 3 rings (SSSR count).